The molecule has 1 heterocycles. The van der Waals surface area contributed by atoms with E-state index in [1.807, 2.05) is 13.8 Å². The molecule has 1 aromatic rings. The van der Waals surface area contributed by atoms with Crippen molar-refractivity contribution in [2.75, 3.05) is 5.32 Å². The van der Waals surface area contributed by atoms with Gasteiger partial charge in [0.05, 0.1) is 6.07 Å². The summed E-state index contributed by atoms with van der Waals surface area (Å²) in [6.07, 6.45) is 4.24. The molecule has 5 heteroatoms. The summed E-state index contributed by atoms with van der Waals surface area (Å²) in [5, 5.41) is 19.5. The van der Waals surface area contributed by atoms with Crippen LogP contribution in [0.4, 0.5) is 5.82 Å². The second kappa shape index (κ2) is 6.70. The van der Waals surface area contributed by atoms with Gasteiger partial charge in [-0.05, 0) is 25.0 Å². The van der Waals surface area contributed by atoms with Crippen LogP contribution < -0.4 is 5.32 Å². The van der Waals surface area contributed by atoms with Crippen LogP contribution in [-0.4, -0.2) is 16.1 Å². The fraction of sp³-hybridized carbons (Fsp3) is 0.538. The normalized spacial score (nSPS) is 10.7. The number of anilines is 1. The third kappa shape index (κ3) is 3.27. The maximum atomic E-state index is 12.2. The number of nitriles is 1. The van der Waals surface area contributed by atoms with Gasteiger partial charge in [-0.25, -0.2) is 0 Å². The molecule has 0 saturated carbocycles. The lowest BCUT2D eigenvalue weighted by molar-refractivity contribution is -0.123. The Kier molecular flexibility index (Phi) is 5.25. The molecule has 1 N–H and O–H groups in total. The smallest absolute Gasteiger partial charge is 0.246 e. The van der Waals surface area contributed by atoms with Crippen molar-refractivity contribution in [2.45, 2.75) is 39.5 Å². The molecule has 0 aliphatic rings. The summed E-state index contributed by atoms with van der Waals surface area (Å²) in [5.41, 5.74) is -0.957. The summed E-state index contributed by atoms with van der Waals surface area (Å²) in [6, 6.07) is 5.53. The number of hydrogen-bond donors (Lipinski definition) is 1. The van der Waals surface area contributed by atoms with Crippen LogP contribution in [0.3, 0.4) is 0 Å². The molecule has 0 saturated heterocycles. The monoisotopic (exact) mass is 246 g/mol. The zero-order chi connectivity index (χ0) is 13.4. The largest absolute Gasteiger partial charge is 0.308 e. The Labute approximate surface area is 107 Å². The van der Waals surface area contributed by atoms with E-state index in [0.29, 0.717) is 18.7 Å². The molecular formula is C13H18N4O. The van der Waals surface area contributed by atoms with Crippen molar-refractivity contribution in [2.24, 2.45) is 5.41 Å². The lowest BCUT2D eigenvalue weighted by atomic mass is 9.80. The maximum Gasteiger partial charge on any atom is 0.246 e. The second-order valence-electron chi connectivity index (χ2n) is 4.26. The summed E-state index contributed by atoms with van der Waals surface area (Å²) in [6.45, 7) is 3.94. The Morgan fingerprint density at radius 2 is 2.11 bits per heavy atom. The van der Waals surface area contributed by atoms with Crippen molar-refractivity contribution in [3.05, 3.63) is 18.3 Å². The van der Waals surface area contributed by atoms with Crippen LogP contribution in [0.1, 0.15) is 39.5 Å². The first-order valence-electron chi connectivity index (χ1n) is 6.19. The van der Waals surface area contributed by atoms with Gasteiger partial charge >= 0.3 is 0 Å². The highest BCUT2D eigenvalue weighted by atomic mass is 16.2. The molecule has 18 heavy (non-hydrogen) atoms. The van der Waals surface area contributed by atoms with Crippen molar-refractivity contribution in [3.63, 3.8) is 0 Å². The lowest BCUT2D eigenvalue weighted by Crippen LogP contribution is -2.35. The van der Waals surface area contributed by atoms with Gasteiger partial charge in [0.1, 0.15) is 5.41 Å². The predicted octanol–water partition coefficient (Wildman–Crippen LogP) is 2.53. The van der Waals surface area contributed by atoms with Gasteiger partial charge in [-0.15, -0.1) is 5.10 Å². The van der Waals surface area contributed by atoms with Gasteiger partial charge in [0, 0.05) is 6.20 Å². The molecule has 0 bridgehead atoms. The number of nitrogens with zero attached hydrogens (tertiary/aromatic N) is 3. The van der Waals surface area contributed by atoms with E-state index in [9.17, 15) is 10.1 Å². The average Bonchev–Trinajstić information content (AvgIpc) is 2.39. The molecule has 0 atom stereocenters. The van der Waals surface area contributed by atoms with Gasteiger partial charge in [-0.3, -0.25) is 4.79 Å². The third-order valence-electron chi connectivity index (χ3n) is 2.82. The lowest BCUT2D eigenvalue weighted by Gasteiger charge is -2.24. The SMILES string of the molecule is CCCC(C#N)(CCC)C(=O)Nc1cccnn1. The molecular weight excluding hydrogens is 228 g/mol. The van der Waals surface area contributed by atoms with E-state index in [1.165, 1.54) is 6.20 Å². The predicted molar refractivity (Wildman–Crippen MR) is 68.5 cm³/mol. The quantitative estimate of drug-likeness (QED) is 0.836. The summed E-state index contributed by atoms with van der Waals surface area (Å²) in [4.78, 5) is 12.2. The molecule has 1 aromatic heterocycles. The van der Waals surface area contributed by atoms with Crippen molar-refractivity contribution in [1.29, 1.82) is 5.26 Å². The summed E-state index contributed by atoms with van der Waals surface area (Å²) in [5.74, 6) is 0.100. The molecule has 0 aliphatic carbocycles. The minimum atomic E-state index is -0.957. The van der Waals surface area contributed by atoms with E-state index < -0.39 is 5.41 Å². The Bertz CT molecular complexity index is 418. The summed E-state index contributed by atoms with van der Waals surface area (Å²) >= 11 is 0. The topological polar surface area (TPSA) is 78.7 Å². The number of hydrogen-bond acceptors (Lipinski definition) is 4. The molecule has 0 unspecified atom stereocenters. The van der Waals surface area contributed by atoms with Crippen LogP contribution in [0.15, 0.2) is 18.3 Å². The molecule has 0 fully saturated rings. The van der Waals surface area contributed by atoms with Gasteiger partial charge < -0.3 is 5.32 Å². The highest BCUT2D eigenvalue weighted by Gasteiger charge is 2.37. The number of carbonyl (C=O) groups is 1. The Morgan fingerprint density at radius 3 is 2.56 bits per heavy atom. The van der Waals surface area contributed by atoms with E-state index in [0.717, 1.165) is 12.8 Å². The fourth-order valence-electron chi connectivity index (χ4n) is 1.97. The van der Waals surface area contributed by atoms with E-state index in [-0.39, 0.29) is 5.91 Å². The van der Waals surface area contributed by atoms with Crippen molar-refractivity contribution < 1.29 is 4.79 Å². The van der Waals surface area contributed by atoms with Gasteiger partial charge in [0.15, 0.2) is 5.82 Å². The van der Waals surface area contributed by atoms with E-state index >= 15 is 0 Å². The molecule has 0 aromatic carbocycles. The first-order valence-corrected chi connectivity index (χ1v) is 6.19. The minimum Gasteiger partial charge on any atom is -0.308 e. The molecule has 1 rings (SSSR count). The van der Waals surface area contributed by atoms with Gasteiger partial charge in [-0.1, -0.05) is 26.7 Å². The third-order valence-corrected chi connectivity index (χ3v) is 2.82. The molecule has 0 aliphatic heterocycles. The Morgan fingerprint density at radius 1 is 1.44 bits per heavy atom. The summed E-state index contributed by atoms with van der Waals surface area (Å²) < 4.78 is 0. The number of aromatic nitrogens is 2. The zero-order valence-corrected chi connectivity index (χ0v) is 10.8. The number of amides is 1. The molecule has 1 amide bonds. The minimum absolute atomic E-state index is 0.283. The maximum absolute atomic E-state index is 12.2. The highest BCUT2D eigenvalue weighted by molar-refractivity contribution is 5.96. The van der Waals surface area contributed by atoms with Crippen LogP contribution in [0.5, 0.6) is 0 Å². The van der Waals surface area contributed by atoms with Crippen molar-refractivity contribution in [1.82, 2.24) is 10.2 Å². The van der Waals surface area contributed by atoms with Crippen LogP contribution in [0.2, 0.25) is 0 Å². The summed E-state index contributed by atoms with van der Waals surface area (Å²) in [7, 11) is 0. The number of rotatable bonds is 6. The first-order chi connectivity index (χ1) is 8.68. The number of carbonyl (C=O) groups excluding carboxylic acids is 1. The van der Waals surface area contributed by atoms with Gasteiger partial charge in [-0.2, -0.15) is 10.4 Å². The van der Waals surface area contributed by atoms with E-state index in [2.05, 4.69) is 21.6 Å². The second-order valence-corrected chi connectivity index (χ2v) is 4.26. The Balaban J connectivity index is 2.86. The van der Waals surface area contributed by atoms with Crippen LogP contribution in [0.25, 0.3) is 0 Å². The van der Waals surface area contributed by atoms with Crippen LogP contribution in [0, 0.1) is 16.7 Å². The van der Waals surface area contributed by atoms with E-state index in [1.54, 1.807) is 12.1 Å². The van der Waals surface area contributed by atoms with Crippen LogP contribution >= 0.6 is 0 Å². The molecule has 0 spiro atoms. The average molecular weight is 246 g/mol. The highest BCUT2D eigenvalue weighted by Crippen LogP contribution is 2.30. The van der Waals surface area contributed by atoms with E-state index in [4.69, 9.17) is 0 Å². The molecule has 5 nitrogen and oxygen atoms in total. The van der Waals surface area contributed by atoms with Crippen LogP contribution in [-0.2, 0) is 4.79 Å². The molecule has 96 valence electrons. The Hall–Kier alpha value is -1.96. The van der Waals surface area contributed by atoms with Crippen molar-refractivity contribution in [3.8, 4) is 6.07 Å². The molecule has 0 radical (unpaired) electrons. The first kappa shape index (κ1) is 14.1. The van der Waals surface area contributed by atoms with Crippen molar-refractivity contribution >= 4 is 11.7 Å². The fourth-order valence-corrected chi connectivity index (χ4v) is 1.97. The zero-order valence-electron chi connectivity index (χ0n) is 10.8. The standard InChI is InChI=1S/C13H18N4O/c1-3-7-13(10-14,8-4-2)12(18)16-11-6-5-9-15-17-11/h5-6,9H,3-4,7-8H2,1-2H3,(H,16,17,18). The van der Waals surface area contributed by atoms with Gasteiger partial charge in [0.2, 0.25) is 5.91 Å². The number of nitrogens with one attached hydrogen (secondary N) is 1. The van der Waals surface area contributed by atoms with Gasteiger partial charge in [0.25, 0.3) is 0 Å².